The molecule has 2 aromatic rings. The van der Waals surface area contributed by atoms with Crippen LogP contribution < -0.4 is 0 Å². The molecule has 0 aliphatic heterocycles. The Kier molecular flexibility index (Phi) is 7.37. The third-order valence-corrected chi connectivity index (χ3v) is 9.99. The highest BCUT2D eigenvalue weighted by Crippen LogP contribution is 2.61. The lowest BCUT2D eigenvalue weighted by Gasteiger charge is -2.30. The Morgan fingerprint density at radius 3 is 1.81 bits per heavy atom. The summed E-state index contributed by atoms with van der Waals surface area (Å²) in [6.07, 6.45) is 5.66. The average Bonchev–Trinajstić information content (AvgIpc) is 2.77. The van der Waals surface area contributed by atoms with E-state index < -0.39 is 18.2 Å². The molecular formula is C27H35O3P. The Balaban J connectivity index is 2.24. The predicted molar refractivity (Wildman–Crippen MR) is 129 cm³/mol. The van der Waals surface area contributed by atoms with E-state index in [0.29, 0.717) is 36.8 Å². The van der Waals surface area contributed by atoms with Crippen molar-refractivity contribution in [3.63, 3.8) is 0 Å². The van der Waals surface area contributed by atoms with Crippen molar-refractivity contribution >= 4 is 18.2 Å². The minimum Gasteiger partial charge on any atom is -0.306 e. The van der Waals surface area contributed by atoms with Crippen LogP contribution in [0.25, 0.3) is 0 Å². The second kappa shape index (κ2) is 9.65. The molecule has 0 saturated heterocycles. The smallest absolute Gasteiger partial charge is 0.229 e. The standard InChI is InChI=1S/C27H35O3P/c1-6-21-12-11-13-22(7-2)25(21)27(29)31(30,23-14-9-8-10-15-23)26(28)24-19(4)16-18(3)17-20(24)5/h11-13,16-17,23H,6-10,14-15H2,1-5H3. The van der Waals surface area contributed by atoms with Crippen LogP contribution in [-0.2, 0) is 17.4 Å². The molecule has 1 atom stereocenters. The zero-order valence-electron chi connectivity index (χ0n) is 19.6. The third kappa shape index (κ3) is 4.35. The molecule has 31 heavy (non-hydrogen) atoms. The minimum absolute atomic E-state index is 0.351. The van der Waals surface area contributed by atoms with Crippen LogP contribution in [0.2, 0.25) is 0 Å². The summed E-state index contributed by atoms with van der Waals surface area (Å²) < 4.78 is 14.8. The molecule has 3 nitrogen and oxygen atoms in total. The van der Waals surface area contributed by atoms with Gasteiger partial charge in [-0.15, -0.1) is 0 Å². The third-order valence-electron chi connectivity index (χ3n) is 6.80. The van der Waals surface area contributed by atoms with E-state index in [4.69, 9.17) is 0 Å². The molecule has 0 N–H and O–H groups in total. The van der Waals surface area contributed by atoms with Crippen molar-refractivity contribution in [2.45, 2.75) is 85.2 Å². The van der Waals surface area contributed by atoms with Crippen molar-refractivity contribution in [1.29, 1.82) is 0 Å². The van der Waals surface area contributed by atoms with E-state index in [-0.39, 0.29) is 5.66 Å². The molecule has 1 aliphatic carbocycles. The van der Waals surface area contributed by atoms with Crippen LogP contribution in [0.4, 0.5) is 0 Å². The van der Waals surface area contributed by atoms with Crippen molar-refractivity contribution in [3.05, 3.63) is 69.3 Å². The predicted octanol–water partition coefficient (Wildman–Crippen LogP) is 7.41. The van der Waals surface area contributed by atoms with E-state index >= 15 is 0 Å². The van der Waals surface area contributed by atoms with Gasteiger partial charge in [0.2, 0.25) is 18.2 Å². The molecule has 166 valence electrons. The maximum absolute atomic E-state index is 14.8. The highest BCUT2D eigenvalue weighted by molar-refractivity contribution is 7.96. The van der Waals surface area contributed by atoms with Crippen molar-refractivity contribution in [2.24, 2.45) is 0 Å². The molecular weight excluding hydrogens is 403 g/mol. The molecule has 0 aromatic heterocycles. The maximum atomic E-state index is 14.8. The van der Waals surface area contributed by atoms with Crippen molar-refractivity contribution in [3.8, 4) is 0 Å². The molecule has 0 heterocycles. The van der Waals surface area contributed by atoms with Crippen LogP contribution in [0.5, 0.6) is 0 Å². The summed E-state index contributed by atoms with van der Waals surface area (Å²) in [5.74, 6) is 0. The van der Waals surface area contributed by atoms with Gasteiger partial charge in [0.05, 0.1) is 0 Å². The number of carbonyl (C=O) groups excluding carboxylic acids is 2. The summed E-state index contributed by atoms with van der Waals surface area (Å²) in [6, 6.07) is 9.73. The molecule has 1 saturated carbocycles. The molecule has 2 aromatic carbocycles. The maximum Gasteiger partial charge on any atom is 0.229 e. The summed E-state index contributed by atoms with van der Waals surface area (Å²) in [6.45, 7) is 9.78. The Bertz CT molecular complexity index is 999. The zero-order chi connectivity index (χ0) is 22.8. The topological polar surface area (TPSA) is 51.2 Å². The van der Waals surface area contributed by atoms with E-state index in [2.05, 4.69) is 0 Å². The molecule has 0 spiro atoms. The van der Waals surface area contributed by atoms with Gasteiger partial charge in [-0.2, -0.15) is 0 Å². The Labute approximate surface area is 187 Å². The van der Waals surface area contributed by atoms with Crippen LogP contribution in [0, 0.1) is 20.8 Å². The van der Waals surface area contributed by atoms with Gasteiger partial charge in [0, 0.05) is 16.8 Å². The number of carbonyl (C=O) groups is 2. The van der Waals surface area contributed by atoms with Crippen LogP contribution in [-0.4, -0.2) is 16.7 Å². The zero-order valence-corrected chi connectivity index (χ0v) is 20.5. The fraction of sp³-hybridized carbons (Fsp3) is 0.481. The van der Waals surface area contributed by atoms with Crippen LogP contribution in [0.1, 0.15) is 94.5 Å². The van der Waals surface area contributed by atoms with Gasteiger partial charge < -0.3 is 4.57 Å². The minimum atomic E-state index is -3.85. The van der Waals surface area contributed by atoms with Gasteiger partial charge in [-0.25, -0.2) is 0 Å². The summed E-state index contributed by atoms with van der Waals surface area (Å²) >= 11 is 0. The number of benzene rings is 2. The van der Waals surface area contributed by atoms with Crippen molar-refractivity contribution in [1.82, 2.24) is 0 Å². The van der Waals surface area contributed by atoms with Gasteiger partial charge in [-0.3, -0.25) is 9.59 Å². The molecule has 0 bridgehead atoms. The van der Waals surface area contributed by atoms with Gasteiger partial charge in [-0.1, -0.05) is 69.0 Å². The lowest BCUT2D eigenvalue weighted by Crippen LogP contribution is -2.26. The average molecular weight is 439 g/mol. The summed E-state index contributed by atoms with van der Waals surface area (Å²) in [4.78, 5) is 28.2. The Morgan fingerprint density at radius 1 is 0.839 bits per heavy atom. The second-order valence-electron chi connectivity index (χ2n) is 8.99. The van der Waals surface area contributed by atoms with Crippen molar-refractivity contribution in [2.75, 3.05) is 0 Å². The van der Waals surface area contributed by atoms with E-state index in [1.165, 1.54) is 0 Å². The number of hydrogen-bond donors (Lipinski definition) is 0. The summed E-state index contributed by atoms with van der Waals surface area (Å²) in [7, 11) is -3.85. The van der Waals surface area contributed by atoms with Crippen LogP contribution in [0.15, 0.2) is 30.3 Å². The van der Waals surface area contributed by atoms with Gasteiger partial charge >= 0.3 is 0 Å². The van der Waals surface area contributed by atoms with Crippen LogP contribution in [0.3, 0.4) is 0 Å². The van der Waals surface area contributed by atoms with Crippen LogP contribution >= 0.6 is 7.14 Å². The quantitative estimate of drug-likeness (QED) is 0.423. The fourth-order valence-corrected chi connectivity index (χ4v) is 8.48. The molecule has 1 aliphatic rings. The highest BCUT2D eigenvalue weighted by Gasteiger charge is 2.49. The fourth-order valence-electron chi connectivity index (χ4n) is 5.24. The number of aryl methyl sites for hydroxylation is 5. The number of rotatable bonds is 7. The monoisotopic (exact) mass is 438 g/mol. The molecule has 3 rings (SSSR count). The number of hydrogen-bond acceptors (Lipinski definition) is 3. The van der Waals surface area contributed by atoms with Gasteiger partial charge in [0.1, 0.15) is 0 Å². The highest BCUT2D eigenvalue weighted by atomic mass is 31.2. The SMILES string of the molecule is CCc1cccc(CC)c1C(=O)P(=O)(C(=O)c1c(C)cc(C)cc1C)C1CCCCC1. The molecule has 0 radical (unpaired) electrons. The van der Waals surface area contributed by atoms with Gasteiger partial charge in [0.25, 0.3) is 0 Å². The first-order valence-electron chi connectivity index (χ1n) is 11.6. The van der Waals surface area contributed by atoms with Gasteiger partial charge in [-0.05, 0) is 68.7 Å². The van der Waals surface area contributed by atoms with E-state index in [1.54, 1.807) is 0 Å². The Hall–Kier alpha value is -1.99. The van der Waals surface area contributed by atoms with Gasteiger partial charge in [0.15, 0.2) is 0 Å². The summed E-state index contributed by atoms with van der Waals surface area (Å²) in [5, 5.41) is 0. The Morgan fingerprint density at radius 2 is 1.32 bits per heavy atom. The van der Waals surface area contributed by atoms with E-state index in [0.717, 1.165) is 47.1 Å². The molecule has 0 amide bonds. The summed E-state index contributed by atoms with van der Waals surface area (Å²) in [5.41, 5.74) is 4.32. The largest absolute Gasteiger partial charge is 0.306 e. The lowest BCUT2D eigenvalue weighted by atomic mass is 9.98. The van der Waals surface area contributed by atoms with E-state index in [9.17, 15) is 14.2 Å². The van der Waals surface area contributed by atoms with E-state index in [1.807, 2.05) is 65.0 Å². The second-order valence-corrected chi connectivity index (χ2v) is 11.9. The normalized spacial score (nSPS) is 16.7. The first-order valence-corrected chi connectivity index (χ1v) is 13.4. The molecule has 1 unspecified atom stereocenters. The first-order chi connectivity index (χ1) is 14.7. The lowest BCUT2D eigenvalue weighted by molar-refractivity contribution is 0.103. The first kappa shape index (κ1) is 23.7. The molecule has 4 heteroatoms. The van der Waals surface area contributed by atoms with Crippen molar-refractivity contribution < 1.29 is 14.2 Å². The molecule has 1 fully saturated rings.